The molecule has 0 aliphatic heterocycles. The molecule has 0 amide bonds. The molecule has 8 heteroatoms. The highest BCUT2D eigenvalue weighted by atomic mass is 32.2. The van der Waals surface area contributed by atoms with Crippen molar-refractivity contribution in [2.24, 2.45) is 0 Å². The van der Waals surface area contributed by atoms with Crippen molar-refractivity contribution in [2.75, 3.05) is 19.0 Å². The zero-order valence-electron chi connectivity index (χ0n) is 8.63. The van der Waals surface area contributed by atoms with Crippen LogP contribution in [-0.2, 0) is 29.2 Å². The Balaban J connectivity index is 3.76. The SMILES string of the molecule is C=C(C)C(=O)OCC(=O)OCCS(=O)(=O)O. The molecule has 0 fully saturated rings. The van der Waals surface area contributed by atoms with Gasteiger partial charge in [0.15, 0.2) is 6.61 Å². The van der Waals surface area contributed by atoms with E-state index >= 15 is 0 Å². The molecule has 7 nitrogen and oxygen atoms in total. The van der Waals surface area contributed by atoms with Crippen LogP contribution in [0.1, 0.15) is 6.92 Å². The third kappa shape index (κ3) is 7.94. The van der Waals surface area contributed by atoms with Crippen LogP contribution in [0.15, 0.2) is 12.2 Å². The molecule has 0 heterocycles. The van der Waals surface area contributed by atoms with Crippen molar-refractivity contribution in [1.82, 2.24) is 0 Å². The molecule has 0 aromatic carbocycles. The van der Waals surface area contributed by atoms with Crippen LogP contribution in [0.4, 0.5) is 0 Å². The average Bonchev–Trinajstić information content (AvgIpc) is 2.11. The lowest BCUT2D eigenvalue weighted by atomic mass is 10.4. The molecule has 16 heavy (non-hydrogen) atoms. The first-order chi connectivity index (χ1) is 7.22. The van der Waals surface area contributed by atoms with Gasteiger partial charge in [-0.15, -0.1) is 0 Å². The van der Waals surface area contributed by atoms with E-state index in [9.17, 15) is 18.0 Å². The molecule has 0 saturated heterocycles. The Bertz CT molecular complexity index is 381. The molecule has 0 saturated carbocycles. The molecule has 0 unspecified atom stereocenters. The van der Waals surface area contributed by atoms with Gasteiger partial charge in [-0.1, -0.05) is 6.58 Å². The number of hydrogen-bond acceptors (Lipinski definition) is 6. The molecule has 0 spiro atoms. The quantitative estimate of drug-likeness (QED) is 0.387. The summed E-state index contributed by atoms with van der Waals surface area (Å²) in [7, 11) is -4.16. The lowest BCUT2D eigenvalue weighted by molar-refractivity contribution is -0.156. The van der Waals surface area contributed by atoms with Gasteiger partial charge in [0.1, 0.15) is 12.4 Å². The average molecular weight is 252 g/mol. The van der Waals surface area contributed by atoms with Crippen LogP contribution in [-0.4, -0.2) is 43.9 Å². The number of rotatable bonds is 6. The van der Waals surface area contributed by atoms with E-state index < -0.39 is 41.0 Å². The number of hydrogen-bond donors (Lipinski definition) is 1. The monoisotopic (exact) mass is 252 g/mol. The van der Waals surface area contributed by atoms with E-state index in [1.165, 1.54) is 6.92 Å². The van der Waals surface area contributed by atoms with Crippen molar-refractivity contribution in [3.05, 3.63) is 12.2 Å². The van der Waals surface area contributed by atoms with Gasteiger partial charge in [0.25, 0.3) is 10.1 Å². The standard InChI is InChI=1S/C8H12O7S/c1-6(2)8(10)15-5-7(9)14-3-4-16(11,12)13/h1,3-5H2,2H3,(H,11,12,13). The summed E-state index contributed by atoms with van der Waals surface area (Å²) < 4.78 is 37.6. The lowest BCUT2D eigenvalue weighted by Crippen LogP contribution is -2.20. The zero-order valence-corrected chi connectivity index (χ0v) is 9.45. The van der Waals surface area contributed by atoms with Crippen LogP contribution in [0, 0.1) is 0 Å². The van der Waals surface area contributed by atoms with Gasteiger partial charge in [-0.3, -0.25) is 4.55 Å². The van der Waals surface area contributed by atoms with E-state index in [1.807, 2.05) is 0 Å². The van der Waals surface area contributed by atoms with E-state index in [4.69, 9.17) is 4.55 Å². The van der Waals surface area contributed by atoms with Crippen molar-refractivity contribution < 1.29 is 32.0 Å². The van der Waals surface area contributed by atoms with Crippen molar-refractivity contribution in [2.45, 2.75) is 6.92 Å². The fraction of sp³-hybridized carbons (Fsp3) is 0.500. The smallest absolute Gasteiger partial charge is 0.344 e. The van der Waals surface area contributed by atoms with Crippen LogP contribution >= 0.6 is 0 Å². The summed E-state index contributed by atoms with van der Waals surface area (Å²) in [6.45, 7) is 3.57. The van der Waals surface area contributed by atoms with Gasteiger partial charge in [-0.05, 0) is 6.92 Å². The molecule has 0 rings (SSSR count). The maximum absolute atomic E-state index is 10.9. The third-order valence-electron chi connectivity index (χ3n) is 1.27. The summed E-state index contributed by atoms with van der Waals surface area (Å²) >= 11 is 0. The maximum atomic E-state index is 10.9. The first-order valence-corrected chi connectivity index (χ1v) is 5.76. The molecule has 0 radical (unpaired) electrons. The van der Waals surface area contributed by atoms with Crippen LogP contribution < -0.4 is 0 Å². The molecule has 0 aromatic heterocycles. The molecule has 0 aromatic rings. The summed E-state index contributed by atoms with van der Waals surface area (Å²) in [6.07, 6.45) is 0. The van der Waals surface area contributed by atoms with Gasteiger partial charge in [0.05, 0.1) is 0 Å². The molecule has 0 aliphatic carbocycles. The Morgan fingerprint density at radius 1 is 1.31 bits per heavy atom. The molecular weight excluding hydrogens is 240 g/mol. The number of ether oxygens (including phenoxy) is 2. The second-order valence-corrected chi connectivity index (χ2v) is 4.44. The van der Waals surface area contributed by atoms with Crippen molar-refractivity contribution in [3.8, 4) is 0 Å². The Morgan fingerprint density at radius 3 is 2.31 bits per heavy atom. The van der Waals surface area contributed by atoms with Gasteiger partial charge in [-0.25, -0.2) is 9.59 Å². The molecular formula is C8H12O7S. The molecule has 1 N–H and O–H groups in total. The largest absolute Gasteiger partial charge is 0.462 e. The summed E-state index contributed by atoms with van der Waals surface area (Å²) in [5.74, 6) is -2.35. The number of carbonyl (C=O) groups excluding carboxylic acids is 2. The highest BCUT2D eigenvalue weighted by Crippen LogP contribution is 1.93. The van der Waals surface area contributed by atoms with Crippen LogP contribution in [0.2, 0.25) is 0 Å². The highest BCUT2D eigenvalue weighted by molar-refractivity contribution is 7.85. The Hall–Kier alpha value is -1.41. The predicted octanol–water partition coefficient (Wildman–Crippen LogP) is -0.463. The molecule has 0 bridgehead atoms. The van der Waals surface area contributed by atoms with Crippen LogP contribution in [0.3, 0.4) is 0 Å². The van der Waals surface area contributed by atoms with E-state index in [0.29, 0.717) is 0 Å². The Labute approximate surface area is 92.8 Å². The first-order valence-electron chi connectivity index (χ1n) is 4.16. The van der Waals surface area contributed by atoms with Gasteiger partial charge in [-0.2, -0.15) is 8.42 Å². The summed E-state index contributed by atoms with van der Waals surface area (Å²) in [5.41, 5.74) is 0.130. The first kappa shape index (κ1) is 14.6. The molecule has 92 valence electrons. The van der Waals surface area contributed by atoms with Crippen LogP contribution in [0.5, 0.6) is 0 Å². The predicted molar refractivity (Wildman–Crippen MR) is 53.1 cm³/mol. The minimum Gasteiger partial charge on any atom is -0.462 e. The number of esters is 2. The Morgan fingerprint density at radius 2 is 1.88 bits per heavy atom. The fourth-order valence-corrected chi connectivity index (χ4v) is 0.844. The normalized spacial score (nSPS) is 10.6. The van der Waals surface area contributed by atoms with Crippen LogP contribution in [0.25, 0.3) is 0 Å². The minimum atomic E-state index is -4.16. The van der Waals surface area contributed by atoms with Crippen molar-refractivity contribution >= 4 is 22.1 Å². The lowest BCUT2D eigenvalue weighted by Gasteiger charge is -2.04. The summed E-state index contributed by atoms with van der Waals surface area (Å²) in [5, 5.41) is 0. The van der Waals surface area contributed by atoms with Crippen molar-refractivity contribution in [3.63, 3.8) is 0 Å². The van der Waals surface area contributed by atoms with Crippen molar-refractivity contribution in [1.29, 1.82) is 0 Å². The number of carbonyl (C=O) groups is 2. The van der Waals surface area contributed by atoms with E-state index in [0.717, 1.165) is 0 Å². The highest BCUT2D eigenvalue weighted by Gasteiger charge is 2.10. The van der Waals surface area contributed by atoms with Gasteiger partial charge < -0.3 is 9.47 Å². The Kier molecular flexibility index (Phi) is 5.68. The fourth-order valence-electron chi connectivity index (χ4n) is 0.550. The third-order valence-corrected chi connectivity index (χ3v) is 1.96. The van der Waals surface area contributed by atoms with Gasteiger partial charge >= 0.3 is 11.9 Å². The molecule has 0 aliphatic rings. The van der Waals surface area contributed by atoms with E-state index in [2.05, 4.69) is 16.1 Å². The van der Waals surface area contributed by atoms with E-state index in [1.54, 1.807) is 0 Å². The van der Waals surface area contributed by atoms with Gasteiger partial charge in [0.2, 0.25) is 0 Å². The maximum Gasteiger partial charge on any atom is 0.344 e. The second kappa shape index (κ2) is 6.23. The summed E-state index contributed by atoms with van der Waals surface area (Å²) in [6, 6.07) is 0. The van der Waals surface area contributed by atoms with Gasteiger partial charge in [0, 0.05) is 5.57 Å². The zero-order chi connectivity index (χ0) is 12.8. The summed E-state index contributed by atoms with van der Waals surface area (Å²) in [4.78, 5) is 21.7. The topological polar surface area (TPSA) is 107 Å². The second-order valence-electron chi connectivity index (χ2n) is 2.86. The van der Waals surface area contributed by atoms with E-state index in [-0.39, 0.29) is 5.57 Å². The molecule has 0 atom stereocenters. The minimum absolute atomic E-state index is 0.130.